The molecule has 118 valence electrons. The van der Waals surface area contributed by atoms with Crippen LogP contribution in [0.1, 0.15) is 55.1 Å². The van der Waals surface area contributed by atoms with Crippen LogP contribution in [0.4, 0.5) is 0 Å². The average Bonchev–Trinajstić information content (AvgIpc) is 2.92. The maximum absolute atomic E-state index is 11.9. The molecular formula is C16H27N3OS. The second kappa shape index (κ2) is 7.90. The van der Waals surface area contributed by atoms with Gasteiger partial charge in [0.15, 0.2) is 0 Å². The van der Waals surface area contributed by atoms with Gasteiger partial charge in [-0.15, -0.1) is 11.3 Å². The van der Waals surface area contributed by atoms with Crippen LogP contribution < -0.4 is 11.1 Å². The highest BCUT2D eigenvalue weighted by Crippen LogP contribution is 2.27. The summed E-state index contributed by atoms with van der Waals surface area (Å²) in [6, 6.07) is -0.387. The van der Waals surface area contributed by atoms with E-state index < -0.39 is 0 Å². The average molecular weight is 309 g/mol. The van der Waals surface area contributed by atoms with Gasteiger partial charge < -0.3 is 11.1 Å². The molecular weight excluding hydrogens is 282 g/mol. The highest BCUT2D eigenvalue weighted by molar-refractivity contribution is 7.11. The first-order valence-electron chi connectivity index (χ1n) is 8.12. The van der Waals surface area contributed by atoms with Gasteiger partial charge in [0.05, 0.1) is 16.7 Å². The summed E-state index contributed by atoms with van der Waals surface area (Å²) in [4.78, 5) is 18.1. The number of thiazole rings is 1. The zero-order chi connectivity index (χ0) is 15.2. The minimum Gasteiger partial charge on any atom is -0.355 e. The van der Waals surface area contributed by atoms with Crippen LogP contribution >= 0.6 is 11.3 Å². The van der Waals surface area contributed by atoms with Gasteiger partial charge in [0, 0.05) is 17.8 Å². The largest absolute Gasteiger partial charge is 0.355 e. The zero-order valence-electron chi connectivity index (χ0n) is 13.2. The first-order chi connectivity index (χ1) is 10.1. The lowest BCUT2D eigenvalue weighted by molar-refractivity contribution is -0.123. The van der Waals surface area contributed by atoms with Crippen LogP contribution in [0.2, 0.25) is 0 Å². The van der Waals surface area contributed by atoms with Crippen LogP contribution in [0.5, 0.6) is 0 Å². The van der Waals surface area contributed by atoms with Gasteiger partial charge in [0.2, 0.25) is 5.91 Å². The molecule has 21 heavy (non-hydrogen) atoms. The van der Waals surface area contributed by atoms with E-state index in [1.54, 1.807) is 0 Å². The molecule has 1 heterocycles. The van der Waals surface area contributed by atoms with Crippen LogP contribution in [-0.4, -0.2) is 23.5 Å². The lowest BCUT2D eigenvalue weighted by Gasteiger charge is -2.17. The lowest BCUT2D eigenvalue weighted by atomic mass is 9.99. The van der Waals surface area contributed by atoms with E-state index in [4.69, 9.17) is 10.7 Å². The molecule has 0 bridgehead atoms. The monoisotopic (exact) mass is 309 g/mol. The summed E-state index contributed by atoms with van der Waals surface area (Å²) in [6.45, 7) is 4.76. The topological polar surface area (TPSA) is 68.0 Å². The summed E-state index contributed by atoms with van der Waals surface area (Å²) in [7, 11) is 0. The van der Waals surface area contributed by atoms with Gasteiger partial charge in [0.1, 0.15) is 0 Å². The van der Waals surface area contributed by atoms with Gasteiger partial charge in [-0.25, -0.2) is 4.98 Å². The van der Waals surface area contributed by atoms with E-state index in [0.717, 1.165) is 25.7 Å². The van der Waals surface area contributed by atoms with Crippen molar-refractivity contribution in [3.8, 4) is 0 Å². The fourth-order valence-corrected chi connectivity index (χ4v) is 3.79. The third-order valence-electron chi connectivity index (χ3n) is 4.32. The number of fused-ring (bicyclic) bond motifs is 1. The van der Waals surface area contributed by atoms with Crippen molar-refractivity contribution in [3.63, 3.8) is 0 Å². The third-order valence-corrected chi connectivity index (χ3v) is 5.53. The van der Waals surface area contributed by atoms with Crippen LogP contribution in [0.25, 0.3) is 0 Å². The Kier molecular flexibility index (Phi) is 6.18. The van der Waals surface area contributed by atoms with E-state index in [0.29, 0.717) is 6.54 Å². The Bertz CT molecular complexity index is 449. The Hall–Kier alpha value is -0.940. The number of carbonyl (C=O) groups is 1. The van der Waals surface area contributed by atoms with Gasteiger partial charge >= 0.3 is 0 Å². The number of rotatable bonds is 7. The van der Waals surface area contributed by atoms with Crippen molar-refractivity contribution in [1.29, 1.82) is 0 Å². The fourth-order valence-electron chi connectivity index (χ4n) is 2.59. The number of hydrogen-bond donors (Lipinski definition) is 2. The number of amides is 1. The number of aromatic nitrogens is 1. The molecule has 1 amide bonds. The van der Waals surface area contributed by atoms with Crippen LogP contribution in [0, 0.1) is 5.92 Å². The Morgan fingerprint density at radius 3 is 2.90 bits per heavy atom. The van der Waals surface area contributed by atoms with Gasteiger partial charge in [-0.3, -0.25) is 4.79 Å². The van der Waals surface area contributed by atoms with E-state index in [-0.39, 0.29) is 17.9 Å². The fraction of sp³-hybridized carbons (Fsp3) is 0.750. The Morgan fingerprint density at radius 1 is 1.43 bits per heavy atom. The Morgan fingerprint density at radius 2 is 2.19 bits per heavy atom. The van der Waals surface area contributed by atoms with Crippen molar-refractivity contribution in [2.75, 3.05) is 6.54 Å². The number of nitrogens with one attached hydrogen (secondary N) is 1. The molecule has 1 aliphatic rings. The maximum atomic E-state index is 11.9. The molecule has 0 fully saturated rings. The molecule has 0 aromatic carbocycles. The molecule has 4 nitrogen and oxygen atoms in total. The summed E-state index contributed by atoms with van der Waals surface area (Å²) in [5.41, 5.74) is 7.23. The molecule has 5 heteroatoms. The predicted octanol–water partition coefficient (Wildman–Crippen LogP) is 2.44. The molecule has 1 aromatic heterocycles. The summed E-state index contributed by atoms with van der Waals surface area (Å²) < 4.78 is 0. The summed E-state index contributed by atoms with van der Waals surface area (Å²) in [5.74, 6) is 0.207. The number of nitrogens with zero attached hydrogens (tertiary/aromatic N) is 1. The molecule has 0 radical (unpaired) electrons. The summed E-state index contributed by atoms with van der Waals surface area (Å²) in [6.07, 6.45) is 7.75. The molecule has 1 aromatic rings. The van der Waals surface area contributed by atoms with Crippen molar-refractivity contribution in [2.24, 2.45) is 11.7 Å². The minimum absolute atomic E-state index is 0.0252. The van der Waals surface area contributed by atoms with E-state index in [2.05, 4.69) is 12.2 Å². The summed E-state index contributed by atoms with van der Waals surface area (Å²) >= 11 is 1.86. The van der Waals surface area contributed by atoms with Gasteiger partial charge in [-0.2, -0.15) is 0 Å². The molecule has 0 saturated carbocycles. The van der Waals surface area contributed by atoms with Crippen molar-refractivity contribution in [3.05, 3.63) is 15.6 Å². The molecule has 1 aliphatic carbocycles. The smallest absolute Gasteiger partial charge is 0.237 e. The van der Waals surface area contributed by atoms with Crippen molar-refractivity contribution in [2.45, 2.75) is 64.8 Å². The maximum Gasteiger partial charge on any atom is 0.237 e. The van der Waals surface area contributed by atoms with Gasteiger partial charge in [0.25, 0.3) is 0 Å². The molecule has 2 unspecified atom stereocenters. The van der Waals surface area contributed by atoms with Gasteiger partial charge in [-0.1, -0.05) is 20.3 Å². The second-order valence-electron chi connectivity index (χ2n) is 5.99. The van der Waals surface area contributed by atoms with Crippen LogP contribution in [0.15, 0.2) is 0 Å². The molecule has 3 N–H and O–H groups in total. The number of nitrogens with two attached hydrogens (primary N) is 1. The normalized spacial score (nSPS) is 17.1. The van der Waals surface area contributed by atoms with E-state index in [1.165, 1.54) is 34.8 Å². The highest BCUT2D eigenvalue weighted by atomic mass is 32.1. The number of carbonyl (C=O) groups excluding carboxylic acids is 1. The molecule has 0 saturated heterocycles. The van der Waals surface area contributed by atoms with E-state index in [1.807, 2.05) is 18.3 Å². The quantitative estimate of drug-likeness (QED) is 0.760. The predicted molar refractivity (Wildman–Crippen MR) is 87.5 cm³/mol. The molecule has 0 spiro atoms. The number of aryl methyl sites for hydroxylation is 3. The minimum atomic E-state index is -0.387. The SMILES string of the molecule is CCC(C)C(N)C(=O)NCCCc1nc2c(s1)CCCC2. The number of hydrogen-bond acceptors (Lipinski definition) is 4. The highest BCUT2D eigenvalue weighted by Gasteiger charge is 2.19. The zero-order valence-corrected chi connectivity index (χ0v) is 14.0. The lowest BCUT2D eigenvalue weighted by Crippen LogP contribution is -2.44. The van der Waals surface area contributed by atoms with Crippen molar-refractivity contribution in [1.82, 2.24) is 10.3 Å². The molecule has 2 rings (SSSR count). The van der Waals surface area contributed by atoms with Gasteiger partial charge in [-0.05, 0) is 38.0 Å². The first-order valence-corrected chi connectivity index (χ1v) is 8.94. The van der Waals surface area contributed by atoms with E-state index in [9.17, 15) is 4.79 Å². The van der Waals surface area contributed by atoms with Crippen LogP contribution in [-0.2, 0) is 24.1 Å². The van der Waals surface area contributed by atoms with Crippen LogP contribution in [0.3, 0.4) is 0 Å². The molecule has 0 aliphatic heterocycles. The molecule has 2 atom stereocenters. The van der Waals surface area contributed by atoms with Crippen molar-refractivity contribution < 1.29 is 4.79 Å². The Balaban J connectivity index is 1.70. The standard InChI is InChI=1S/C16H27N3OS/c1-3-11(2)15(17)16(20)18-10-6-9-14-19-12-7-4-5-8-13(12)21-14/h11,15H,3-10,17H2,1-2H3,(H,18,20). The van der Waals surface area contributed by atoms with Crippen molar-refractivity contribution >= 4 is 17.2 Å². The van der Waals surface area contributed by atoms with E-state index >= 15 is 0 Å². The second-order valence-corrected chi connectivity index (χ2v) is 7.16. The summed E-state index contributed by atoms with van der Waals surface area (Å²) in [5, 5.41) is 4.17. The Labute approximate surface area is 131 Å². The third kappa shape index (κ3) is 4.51. The first kappa shape index (κ1) is 16.4.